The van der Waals surface area contributed by atoms with Gasteiger partial charge in [-0.3, -0.25) is 4.79 Å². The summed E-state index contributed by atoms with van der Waals surface area (Å²) >= 11 is 1.39. The van der Waals surface area contributed by atoms with Gasteiger partial charge >= 0.3 is 0 Å². The van der Waals surface area contributed by atoms with Gasteiger partial charge in [0.25, 0.3) is 0 Å². The maximum absolute atomic E-state index is 13.2. The maximum Gasteiger partial charge on any atom is 0.250 e. The third-order valence-corrected chi connectivity index (χ3v) is 3.32. The molecule has 2 rings (SSSR count). The molecule has 0 aliphatic heterocycles. The Labute approximate surface area is 96.5 Å². The number of nitrogens with two attached hydrogens (primary N) is 1. The third kappa shape index (κ3) is 1.84. The molecule has 16 heavy (non-hydrogen) atoms. The van der Waals surface area contributed by atoms with E-state index >= 15 is 0 Å². The van der Waals surface area contributed by atoms with Gasteiger partial charge < -0.3 is 5.73 Å². The Hall–Kier alpha value is -1.68. The second-order valence-electron chi connectivity index (χ2n) is 3.49. The Morgan fingerprint density at radius 2 is 2.12 bits per heavy atom. The largest absolute Gasteiger partial charge is 0.366 e. The Bertz CT molecular complexity index is 548. The Kier molecular flexibility index (Phi) is 2.75. The van der Waals surface area contributed by atoms with Gasteiger partial charge in [0.1, 0.15) is 5.82 Å². The van der Waals surface area contributed by atoms with Crippen LogP contribution < -0.4 is 5.73 Å². The van der Waals surface area contributed by atoms with Crippen LogP contribution in [0.3, 0.4) is 0 Å². The van der Waals surface area contributed by atoms with Gasteiger partial charge in [0.05, 0.1) is 5.56 Å². The molecular weight excluding hydrogens is 225 g/mol. The molecule has 0 atom stereocenters. The lowest BCUT2D eigenvalue weighted by Gasteiger charge is -2.05. The van der Waals surface area contributed by atoms with Crippen LogP contribution in [0.1, 0.15) is 15.9 Å². The molecule has 82 valence electrons. The fourth-order valence-corrected chi connectivity index (χ4v) is 2.53. The van der Waals surface area contributed by atoms with Crippen molar-refractivity contribution >= 4 is 17.2 Å². The number of aryl methyl sites for hydroxylation is 1. The summed E-state index contributed by atoms with van der Waals surface area (Å²) in [5.74, 6) is -0.802. The molecule has 0 saturated carbocycles. The van der Waals surface area contributed by atoms with Crippen LogP contribution in [-0.4, -0.2) is 5.91 Å². The minimum atomic E-state index is -0.486. The summed E-state index contributed by atoms with van der Waals surface area (Å²) in [5.41, 5.74) is 7.35. The van der Waals surface area contributed by atoms with Gasteiger partial charge in [0, 0.05) is 4.88 Å². The van der Waals surface area contributed by atoms with E-state index in [2.05, 4.69) is 0 Å². The highest BCUT2D eigenvalue weighted by atomic mass is 32.1. The minimum Gasteiger partial charge on any atom is -0.366 e. The number of amides is 1. The molecular formula is C12H10FNOS. The molecule has 0 unspecified atom stereocenters. The van der Waals surface area contributed by atoms with Crippen molar-refractivity contribution in [3.63, 3.8) is 0 Å². The lowest BCUT2D eigenvalue weighted by atomic mass is 10.0. The van der Waals surface area contributed by atoms with Gasteiger partial charge in [-0.2, -0.15) is 0 Å². The van der Waals surface area contributed by atoms with Crippen molar-refractivity contribution in [3.05, 3.63) is 46.6 Å². The summed E-state index contributed by atoms with van der Waals surface area (Å²) in [6.07, 6.45) is 0. The van der Waals surface area contributed by atoms with Crippen molar-refractivity contribution in [2.24, 2.45) is 5.73 Å². The highest BCUT2D eigenvalue weighted by Crippen LogP contribution is 2.32. The molecule has 0 aliphatic rings. The highest BCUT2D eigenvalue weighted by Gasteiger charge is 2.13. The number of rotatable bonds is 2. The predicted molar refractivity (Wildman–Crippen MR) is 63.0 cm³/mol. The molecule has 0 bridgehead atoms. The van der Waals surface area contributed by atoms with E-state index in [1.165, 1.54) is 23.5 Å². The lowest BCUT2D eigenvalue weighted by molar-refractivity contribution is 0.100. The van der Waals surface area contributed by atoms with E-state index in [-0.39, 0.29) is 5.82 Å². The average molecular weight is 235 g/mol. The van der Waals surface area contributed by atoms with Crippen molar-refractivity contribution in [3.8, 4) is 10.4 Å². The van der Waals surface area contributed by atoms with Crippen LogP contribution in [0, 0.1) is 12.7 Å². The third-order valence-electron chi connectivity index (χ3n) is 2.37. The summed E-state index contributed by atoms with van der Waals surface area (Å²) in [6.45, 7) is 1.87. The summed E-state index contributed by atoms with van der Waals surface area (Å²) in [4.78, 5) is 11.9. The fraction of sp³-hybridized carbons (Fsp3) is 0.0833. The van der Waals surface area contributed by atoms with Crippen molar-refractivity contribution < 1.29 is 9.18 Å². The number of carbonyl (C=O) groups is 1. The van der Waals surface area contributed by atoms with Gasteiger partial charge in [0.15, 0.2) is 0 Å². The number of carbonyl (C=O) groups excluding carboxylic acids is 1. The van der Waals surface area contributed by atoms with Gasteiger partial charge in [-0.25, -0.2) is 4.39 Å². The number of thiophene rings is 1. The first-order chi connectivity index (χ1) is 7.59. The van der Waals surface area contributed by atoms with Crippen molar-refractivity contribution in [2.75, 3.05) is 0 Å². The Morgan fingerprint density at radius 3 is 2.81 bits per heavy atom. The minimum absolute atomic E-state index is 0.315. The molecule has 1 amide bonds. The van der Waals surface area contributed by atoms with E-state index in [0.717, 1.165) is 16.0 Å². The lowest BCUT2D eigenvalue weighted by Crippen LogP contribution is -2.10. The van der Waals surface area contributed by atoms with E-state index in [1.54, 1.807) is 17.5 Å². The molecule has 1 heterocycles. The van der Waals surface area contributed by atoms with E-state index in [0.29, 0.717) is 5.56 Å². The monoisotopic (exact) mass is 235 g/mol. The zero-order valence-corrected chi connectivity index (χ0v) is 9.48. The van der Waals surface area contributed by atoms with Crippen LogP contribution in [0.4, 0.5) is 4.39 Å². The highest BCUT2D eigenvalue weighted by molar-refractivity contribution is 7.14. The number of hydrogen-bond donors (Lipinski definition) is 1. The molecule has 4 heteroatoms. The topological polar surface area (TPSA) is 43.1 Å². The molecule has 2 aromatic rings. The molecule has 2 N–H and O–H groups in total. The SMILES string of the molecule is Cc1ccc(F)cc1-c1sccc1C(N)=O. The van der Waals surface area contributed by atoms with E-state index in [4.69, 9.17) is 5.73 Å². The van der Waals surface area contributed by atoms with Crippen molar-refractivity contribution in [2.45, 2.75) is 6.92 Å². The van der Waals surface area contributed by atoms with Gasteiger partial charge in [-0.05, 0) is 41.6 Å². The molecule has 2 nitrogen and oxygen atoms in total. The number of hydrogen-bond acceptors (Lipinski definition) is 2. The van der Waals surface area contributed by atoms with Crippen LogP contribution in [0.15, 0.2) is 29.6 Å². The van der Waals surface area contributed by atoms with Crippen LogP contribution in [-0.2, 0) is 0 Å². The van der Waals surface area contributed by atoms with E-state index in [1.807, 2.05) is 6.92 Å². The quantitative estimate of drug-likeness (QED) is 0.854. The first-order valence-corrected chi connectivity index (χ1v) is 5.61. The number of benzene rings is 1. The smallest absolute Gasteiger partial charge is 0.250 e. The Morgan fingerprint density at radius 1 is 1.38 bits per heavy atom. The van der Waals surface area contributed by atoms with Crippen molar-refractivity contribution in [1.82, 2.24) is 0 Å². The molecule has 1 aromatic carbocycles. The molecule has 0 spiro atoms. The normalized spacial score (nSPS) is 10.4. The summed E-state index contributed by atoms with van der Waals surface area (Å²) in [5, 5.41) is 1.78. The predicted octanol–water partition coefficient (Wildman–Crippen LogP) is 2.96. The molecule has 0 fully saturated rings. The van der Waals surface area contributed by atoms with Gasteiger partial charge in [0.2, 0.25) is 5.91 Å². The molecule has 1 aromatic heterocycles. The van der Waals surface area contributed by atoms with E-state index in [9.17, 15) is 9.18 Å². The average Bonchev–Trinajstić information content (AvgIpc) is 2.70. The van der Waals surface area contributed by atoms with Crippen LogP contribution in [0.25, 0.3) is 10.4 Å². The number of primary amides is 1. The molecule has 0 radical (unpaired) electrons. The molecule has 0 aliphatic carbocycles. The van der Waals surface area contributed by atoms with Crippen LogP contribution in [0.2, 0.25) is 0 Å². The molecule has 0 saturated heterocycles. The van der Waals surface area contributed by atoms with Crippen molar-refractivity contribution in [1.29, 1.82) is 0 Å². The number of halogens is 1. The summed E-state index contributed by atoms with van der Waals surface area (Å²) in [7, 11) is 0. The zero-order chi connectivity index (χ0) is 11.7. The van der Waals surface area contributed by atoms with Gasteiger partial charge in [-0.1, -0.05) is 6.07 Å². The summed E-state index contributed by atoms with van der Waals surface area (Å²) in [6, 6.07) is 6.17. The zero-order valence-electron chi connectivity index (χ0n) is 8.66. The van der Waals surface area contributed by atoms with Crippen LogP contribution >= 0.6 is 11.3 Å². The standard InChI is InChI=1S/C12H10FNOS/c1-7-2-3-8(13)6-10(7)11-9(12(14)15)4-5-16-11/h2-6H,1H3,(H2,14,15). The van der Waals surface area contributed by atoms with Gasteiger partial charge in [-0.15, -0.1) is 11.3 Å². The Balaban J connectivity index is 2.62. The first-order valence-electron chi connectivity index (χ1n) is 4.73. The summed E-state index contributed by atoms with van der Waals surface area (Å²) < 4.78 is 13.2. The second-order valence-corrected chi connectivity index (χ2v) is 4.40. The maximum atomic E-state index is 13.2. The second kappa shape index (κ2) is 4.06. The fourth-order valence-electron chi connectivity index (χ4n) is 1.55. The first kappa shape index (κ1) is 10.8. The van der Waals surface area contributed by atoms with Crippen LogP contribution in [0.5, 0.6) is 0 Å². The van der Waals surface area contributed by atoms with E-state index < -0.39 is 5.91 Å².